The van der Waals surface area contributed by atoms with Crippen LogP contribution >= 0.6 is 0 Å². The number of nitrogens with one attached hydrogen (secondary N) is 1. The molecule has 0 aliphatic rings. The van der Waals surface area contributed by atoms with Crippen LogP contribution in [0.25, 0.3) is 16.8 Å². The van der Waals surface area contributed by atoms with Crippen LogP contribution in [0.1, 0.15) is 11.1 Å². The number of hydrogen-bond acceptors (Lipinski definition) is 5. The molecule has 4 aromatic rings. The molecule has 2 aromatic heterocycles. The van der Waals surface area contributed by atoms with Crippen LogP contribution in [-0.4, -0.2) is 40.7 Å². The van der Waals surface area contributed by atoms with Crippen molar-refractivity contribution in [2.45, 2.75) is 13.1 Å². The molecule has 148 valence electrons. The monoisotopic (exact) mass is 387 g/mol. The lowest BCUT2D eigenvalue weighted by atomic mass is 10.0. The first-order valence-corrected chi connectivity index (χ1v) is 9.58. The van der Waals surface area contributed by atoms with Gasteiger partial charge in [0, 0.05) is 24.2 Å². The molecule has 0 aliphatic heterocycles. The summed E-state index contributed by atoms with van der Waals surface area (Å²) in [5, 5.41) is 12.0. The largest absolute Gasteiger partial charge is 0.496 e. The number of rotatable bonds is 7. The van der Waals surface area contributed by atoms with E-state index in [9.17, 15) is 0 Å². The summed E-state index contributed by atoms with van der Waals surface area (Å²) in [6, 6.07) is 20.7. The Labute approximate surface area is 170 Å². The topological polar surface area (TPSA) is 54.7 Å². The summed E-state index contributed by atoms with van der Waals surface area (Å²) in [6.45, 7) is 1.55. The van der Waals surface area contributed by atoms with Crippen LogP contribution in [0, 0.1) is 0 Å². The van der Waals surface area contributed by atoms with Crippen LogP contribution in [0.2, 0.25) is 0 Å². The van der Waals surface area contributed by atoms with Crippen LogP contribution in [0.4, 0.5) is 5.82 Å². The van der Waals surface area contributed by atoms with Gasteiger partial charge in [0.25, 0.3) is 0 Å². The van der Waals surface area contributed by atoms with Gasteiger partial charge in [-0.05, 0) is 49.5 Å². The number of para-hydroxylation sites is 1. The summed E-state index contributed by atoms with van der Waals surface area (Å²) < 4.78 is 7.44. The van der Waals surface area contributed by atoms with E-state index in [1.807, 2.05) is 22.6 Å². The van der Waals surface area contributed by atoms with Gasteiger partial charge >= 0.3 is 0 Å². The minimum Gasteiger partial charge on any atom is -0.496 e. The Kier molecular flexibility index (Phi) is 5.44. The summed E-state index contributed by atoms with van der Waals surface area (Å²) in [7, 11) is 5.84. The molecule has 0 bridgehead atoms. The van der Waals surface area contributed by atoms with Crippen molar-refractivity contribution in [3.05, 3.63) is 78.1 Å². The molecule has 29 heavy (non-hydrogen) atoms. The van der Waals surface area contributed by atoms with Gasteiger partial charge in [0.1, 0.15) is 17.9 Å². The van der Waals surface area contributed by atoms with Crippen LogP contribution < -0.4 is 10.1 Å². The fraction of sp³-hybridized carbons (Fsp3) is 0.217. The Balaban J connectivity index is 1.64. The molecule has 0 fully saturated rings. The first kappa shape index (κ1) is 19.0. The predicted molar refractivity (Wildman–Crippen MR) is 116 cm³/mol. The van der Waals surface area contributed by atoms with Gasteiger partial charge in [-0.2, -0.15) is 0 Å². The zero-order valence-electron chi connectivity index (χ0n) is 17.0. The third-order valence-corrected chi connectivity index (χ3v) is 4.85. The third-order valence-electron chi connectivity index (χ3n) is 4.85. The second-order valence-electron chi connectivity index (χ2n) is 7.26. The number of hydrogen-bond donors (Lipinski definition) is 1. The zero-order chi connectivity index (χ0) is 20.2. The highest BCUT2D eigenvalue weighted by molar-refractivity contribution is 5.79. The van der Waals surface area contributed by atoms with Crippen molar-refractivity contribution >= 4 is 11.5 Å². The number of pyridine rings is 1. The average molecular weight is 387 g/mol. The lowest BCUT2D eigenvalue weighted by Gasteiger charge is -2.14. The van der Waals surface area contributed by atoms with Crippen LogP contribution in [-0.2, 0) is 13.1 Å². The van der Waals surface area contributed by atoms with Crippen molar-refractivity contribution < 1.29 is 4.74 Å². The third kappa shape index (κ3) is 4.07. The fourth-order valence-corrected chi connectivity index (χ4v) is 3.52. The highest BCUT2D eigenvalue weighted by atomic mass is 16.5. The van der Waals surface area contributed by atoms with Gasteiger partial charge in [0.15, 0.2) is 5.65 Å². The predicted octanol–water partition coefficient (Wildman–Crippen LogP) is 4.08. The number of anilines is 1. The Morgan fingerprint density at radius 2 is 1.90 bits per heavy atom. The summed E-state index contributed by atoms with van der Waals surface area (Å²) in [5.41, 5.74) is 5.39. The normalized spacial score (nSPS) is 11.2. The van der Waals surface area contributed by atoms with E-state index in [0.717, 1.165) is 40.4 Å². The first-order chi connectivity index (χ1) is 14.2. The van der Waals surface area contributed by atoms with Gasteiger partial charge in [-0.15, -0.1) is 10.2 Å². The maximum atomic E-state index is 5.45. The molecule has 0 amide bonds. The molecule has 4 rings (SSSR count). The molecular weight excluding hydrogens is 362 g/mol. The molecule has 0 saturated heterocycles. The van der Waals surface area contributed by atoms with Gasteiger partial charge < -0.3 is 15.0 Å². The zero-order valence-corrected chi connectivity index (χ0v) is 17.0. The van der Waals surface area contributed by atoms with Crippen molar-refractivity contribution in [2.24, 2.45) is 0 Å². The molecule has 0 atom stereocenters. The SMILES string of the molecule is COc1ccccc1CNc1ccc(-c2cccc(CN(C)C)c2)c2nncn12. The molecule has 2 heterocycles. The second-order valence-corrected chi connectivity index (χ2v) is 7.26. The van der Waals surface area contributed by atoms with Gasteiger partial charge in [-0.25, -0.2) is 0 Å². The van der Waals surface area contributed by atoms with E-state index in [2.05, 4.69) is 77.0 Å². The highest BCUT2D eigenvalue weighted by Crippen LogP contribution is 2.27. The van der Waals surface area contributed by atoms with Gasteiger partial charge in [-0.1, -0.05) is 36.4 Å². The number of fused-ring (bicyclic) bond motifs is 1. The first-order valence-electron chi connectivity index (χ1n) is 9.58. The minimum absolute atomic E-state index is 0.648. The van der Waals surface area contributed by atoms with E-state index < -0.39 is 0 Å². The smallest absolute Gasteiger partial charge is 0.170 e. The molecule has 0 aliphatic carbocycles. The fourth-order valence-electron chi connectivity index (χ4n) is 3.52. The Bertz CT molecular complexity index is 1120. The Hall–Kier alpha value is -3.38. The molecule has 6 heteroatoms. The van der Waals surface area contributed by atoms with Crippen LogP contribution in [0.5, 0.6) is 5.75 Å². The van der Waals surface area contributed by atoms with Crippen molar-refractivity contribution in [3.63, 3.8) is 0 Å². The second kappa shape index (κ2) is 8.32. The van der Waals surface area contributed by atoms with Crippen LogP contribution in [0.3, 0.4) is 0 Å². The highest BCUT2D eigenvalue weighted by Gasteiger charge is 2.11. The average Bonchev–Trinajstić information content (AvgIpc) is 3.22. The van der Waals surface area contributed by atoms with E-state index in [0.29, 0.717) is 6.54 Å². The lowest BCUT2D eigenvalue weighted by molar-refractivity contribution is 0.402. The lowest BCUT2D eigenvalue weighted by Crippen LogP contribution is -2.10. The maximum absolute atomic E-state index is 5.45. The number of nitrogens with zero attached hydrogens (tertiary/aromatic N) is 4. The van der Waals surface area contributed by atoms with Crippen molar-refractivity contribution in [1.82, 2.24) is 19.5 Å². The van der Waals surface area contributed by atoms with Crippen LogP contribution in [0.15, 0.2) is 67.0 Å². The number of benzene rings is 2. The molecule has 1 N–H and O–H groups in total. The summed E-state index contributed by atoms with van der Waals surface area (Å²) >= 11 is 0. The molecule has 0 spiro atoms. The number of ether oxygens (including phenoxy) is 1. The number of aromatic nitrogens is 3. The van der Waals surface area contributed by atoms with Crippen molar-refractivity contribution in [2.75, 3.05) is 26.5 Å². The van der Waals surface area contributed by atoms with Gasteiger partial charge in [-0.3, -0.25) is 4.40 Å². The van der Waals surface area contributed by atoms with E-state index in [-0.39, 0.29) is 0 Å². The molecule has 6 nitrogen and oxygen atoms in total. The standard InChI is InChI=1S/C23H25N5O/c1-27(2)15-17-7-6-9-18(13-17)20-11-12-22(28-16-25-26-23(20)28)24-14-19-8-4-5-10-21(19)29-3/h4-13,16,24H,14-15H2,1-3H3. The Morgan fingerprint density at radius 3 is 2.72 bits per heavy atom. The maximum Gasteiger partial charge on any atom is 0.170 e. The summed E-state index contributed by atoms with van der Waals surface area (Å²) in [5.74, 6) is 1.80. The molecule has 0 radical (unpaired) electrons. The summed E-state index contributed by atoms with van der Waals surface area (Å²) in [4.78, 5) is 2.16. The van der Waals surface area contributed by atoms with E-state index in [4.69, 9.17) is 4.74 Å². The minimum atomic E-state index is 0.648. The molecular formula is C23H25N5O. The molecule has 2 aromatic carbocycles. The molecule has 0 unspecified atom stereocenters. The summed E-state index contributed by atoms with van der Waals surface area (Å²) in [6.07, 6.45) is 1.74. The van der Waals surface area contributed by atoms with Gasteiger partial charge in [0.2, 0.25) is 0 Å². The van der Waals surface area contributed by atoms with Crippen molar-refractivity contribution in [1.29, 1.82) is 0 Å². The quantitative estimate of drug-likeness (QED) is 0.518. The Morgan fingerprint density at radius 1 is 1.03 bits per heavy atom. The molecule has 0 saturated carbocycles. The van der Waals surface area contributed by atoms with Gasteiger partial charge in [0.05, 0.1) is 7.11 Å². The van der Waals surface area contributed by atoms with Crippen molar-refractivity contribution in [3.8, 4) is 16.9 Å². The van der Waals surface area contributed by atoms with E-state index in [1.54, 1.807) is 13.4 Å². The number of methoxy groups -OCH3 is 1. The van der Waals surface area contributed by atoms with E-state index in [1.165, 1.54) is 5.56 Å². The van der Waals surface area contributed by atoms with E-state index >= 15 is 0 Å².